The quantitative estimate of drug-likeness (QED) is 0.607. The van der Waals surface area contributed by atoms with Crippen molar-refractivity contribution in [2.45, 2.75) is 0 Å². The van der Waals surface area contributed by atoms with Crippen LogP contribution in [-0.4, -0.2) is 34.3 Å². The lowest BCUT2D eigenvalue weighted by Crippen LogP contribution is -1.98. The van der Waals surface area contributed by atoms with Crippen LogP contribution in [0.3, 0.4) is 0 Å². The molecule has 2 aromatic rings. The Balaban J connectivity index is 2.44. The normalized spacial score (nSPS) is 10.0. The summed E-state index contributed by atoms with van der Waals surface area (Å²) < 4.78 is 9.71. The second kappa shape index (κ2) is 5.25. The summed E-state index contributed by atoms with van der Waals surface area (Å²) in [5.41, 5.74) is 0.708. The molecule has 0 radical (unpaired) electrons. The van der Waals surface area contributed by atoms with E-state index in [0.29, 0.717) is 17.1 Å². The van der Waals surface area contributed by atoms with Crippen LogP contribution < -0.4 is 9.47 Å². The highest BCUT2D eigenvalue weighted by Crippen LogP contribution is 2.28. The Bertz CT molecular complexity index is 600. The maximum atomic E-state index is 10.9. The van der Waals surface area contributed by atoms with Gasteiger partial charge >= 0.3 is 5.69 Å². The van der Waals surface area contributed by atoms with E-state index in [0.717, 1.165) is 0 Å². The number of hydrogen-bond donors (Lipinski definition) is 0. The average molecular weight is 262 g/mol. The Kier molecular flexibility index (Phi) is 3.51. The summed E-state index contributed by atoms with van der Waals surface area (Å²) in [5.74, 6) is 0.315. The molecule has 0 aromatic carbocycles. The Morgan fingerprint density at radius 1 is 1.21 bits per heavy atom. The zero-order valence-electron chi connectivity index (χ0n) is 10.2. The van der Waals surface area contributed by atoms with E-state index in [4.69, 9.17) is 9.47 Å². The van der Waals surface area contributed by atoms with Crippen molar-refractivity contribution in [3.63, 3.8) is 0 Å². The number of ether oxygens (including phenoxy) is 2. The molecule has 2 heterocycles. The summed E-state index contributed by atoms with van der Waals surface area (Å²) in [6.45, 7) is 0. The first-order valence-corrected chi connectivity index (χ1v) is 5.22. The fourth-order valence-corrected chi connectivity index (χ4v) is 1.45. The largest absolute Gasteiger partial charge is 0.480 e. The monoisotopic (exact) mass is 262 g/mol. The van der Waals surface area contributed by atoms with E-state index in [9.17, 15) is 10.1 Å². The van der Waals surface area contributed by atoms with Crippen LogP contribution in [0, 0.1) is 10.1 Å². The minimum absolute atomic E-state index is 0.0461. The van der Waals surface area contributed by atoms with Gasteiger partial charge in [0.2, 0.25) is 5.88 Å². The SMILES string of the molecule is COc1ccc(-c2cnc(OC)c([N+](=O)[O-])c2)nn1. The third-order valence-electron chi connectivity index (χ3n) is 2.37. The van der Waals surface area contributed by atoms with E-state index >= 15 is 0 Å². The van der Waals surface area contributed by atoms with Crippen LogP contribution in [-0.2, 0) is 0 Å². The van der Waals surface area contributed by atoms with Crippen molar-refractivity contribution in [1.29, 1.82) is 0 Å². The summed E-state index contributed by atoms with van der Waals surface area (Å²) in [6.07, 6.45) is 1.43. The highest BCUT2D eigenvalue weighted by atomic mass is 16.6. The molecule has 0 bridgehead atoms. The van der Waals surface area contributed by atoms with Crippen LogP contribution in [0.2, 0.25) is 0 Å². The molecule has 98 valence electrons. The number of nitro groups is 1. The zero-order chi connectivity index (χ0) is 13.8. The van der Waals surface area contributed by atoms with Gasteiger partial charge in [-0.3, -0.25) is 10.1 Å². The maximum Gasteiger partial charge on any atom is 0.331 e. The van der Waals surface area contributed by atoms with Crippen LogP contribution in [0.25, 0.3) is 11.3 Å². The predicted octanol–water partition coefficient (Wildman–Crippen LogP) is 1.46. The highest BCUT2D eigenvalue weighted by molar-refractivity contribution is 5.63. The lowest BCUT2D eigenvalue weighted by atomic mass is 10.2. The molecule has 0 N–H and O–H groups in total. The molecule has 0 amide bonds. The molecule has 0 aliphatic heterocycles. The second-order valence-electron chi connectivity index (χ2n) is 3.47. The lowest BCUT2D eigenvalue weighted by Gasteiger charge is -2.03. The summed E-state index contributed by atoms with van der Waals surface area (Å²) in [6, 6.07) is 4.58. The number of nitrogens with zero attached hydrogens (tertiary/aromatic N) is 4. The minimum Gasteiger partial charge on any atom is -0.480 e. The van der Waals surface area contributed by atoms with Crippen molar-refractivity contribution in [2.75, 3.05) is 14.2 Å². The molecule has 0 saturated heterocycles. The average Bonchev–Trinajstić information content (AvgIpc) is 2.46. The van der Waals surface area contributed by atoms with Gasteiger partial charge in [-0.25, -0.2) is 4.98 Å². The molecule has 0 fully saturated rings. The molecule has 19 heavy (non-hydrogen) atoms. The number of pyridine rings is 1. The van der Waals surface area contributed by atoms with Crippen molar-refractivity contribution < 1.29 is 14.4 Å². The summed E-state index contributed by atoms with van der Waals surface area (Å²) in [4.78, 5) is 14.2. The maximum absolute atomic E-state index is 10.9. The summed E-state index contributed by atoms with van der Waals surface area (Å²) in [7, 11) is 2.80. The number of methoxy groups -OCH3 is 2. The van der Waals surface area contributed by atoms with Gasteiger partial charge in [-0.1, -0.05) is 0 Å². The van der Waals surface area contributed by atoms with Gasteiger partial charge in [-0.15, -0.1) is 10.2 Å². The summed E-state index contributed by atoms with van der Waals surface area (Å²) >= 11 is 0. The van der Waals surface area contributed by atoms with Crippen molar-refractivity contribution in [1.82, 2.24) is 15.2 Å². The van der Waals surface area contributed by atoms with Crippen molar-refractivity contribution in [3.05, 3.63) is 34.5 Å². The van der Waals surface area contributed by atoms with Crippen LogP contribution in [0.5, 0.6) is 11.8 Å². The lowest BCUT2D eigenvalue weighted by molar-refractivity contribution is -0.386. The Morgan fingerprint density at radius 3 is 2.53 bits per heavy atom. The molecular formula is C11H10N4O4. The molecule has 0 spiro atoms. The molecule has 8 heteroatoms. The Labute approximate surface area is 108 Å². The van der Waals surface area contributed by atoms with Crippen LogP contribution in [0.4, 0.5) is 5.69 Å². The Hall–Kier alpha value is -2.77. The number of rotatable bonds is 4. The highest BCUT2D eigenvalue weighted by Gasteiger charge is 2.18. The molecule has 2 rings (SSSR count). The van der Waals surface area contributed by atoms with Gasteiger partial charge < -0.3 is 9.47 Å². The van der Waals surface area contributed by atoms with Crippen molar-refractivity contribution in [2.24, 2.45) is 0 Å². The van der Waals surface area contributed by atoms with Crippen LogP contribution >= 0.6 is 0 Å². The molecule has 8 nitrogen and oxygen atoms in total. The molecule has 0 unspecified atom stereocenters. The molecule has 0 saturated carbocycles. The van der Waals surface area contributed by atoms with Gasteiger partial charge in [0.25, 0.3) is 5.88 Å². The van der Waals surface area contributed by atoms with Crippen LogP contribution in [0.1, 0.15) is 0 Å². The first-order chi connectivity index (χ1) is 9.15. The number of aromatic nitrogens is 3. The van der Waals surface area contributed by atoms with Crippen molar-refractivity contribution in [3.8, 4) is 23.0 Å². The predicted molar refractivity (Wildman–Crippen MR) is 65.0 cm³/mol. The number of hydrogen-bond acceptors (Lipinski definition) is 7. The van der Waals surface area contributed by atoms with Crippen LogP contribution in [0.15, 0.2) is 24.4 Å². The Morgan fingerprint density at radius 2 is 2.00 bits per heavy atom. The van der Waals surface area contributed by atoms with E-state index in [-0.39, 0.29) is 11.6 Å². The van der Waals surface area contributed by atoms with Gasteiger partial charge in [0, 0.05) is 23.9 Å². The van der Waals surface area contributed by atoms with Gasteiger partial charge in [-0.2, -0.15) is 0 Å². The fourth-order valence-electron chi connectivity index (χ4n) is 1.45. The standard InChI is InChI=1S/C11H10N4O4/c1-18-10-4-3-8(13-14-10)7-5-9(15(16)17)11(19-2)12-6-7/h3-6H,1-2H3. The van der Waals surface area contributed by atoms with E-state index in [1.54, 1.807) is 12.1 Å². The molecule has 0 aliphatic carbocycles. The van der Waals surface area contributed by atoms with Gasteiger partial charge in [-0.05, 0) is 6.07 Å². The molecular weight excluding hydrogens is 252 g/mol. The van der Waals surface area contributed by atoms with Gasteiger partial charge in [0.05, 0.1) is 24.8 Å². The van der Waals surface area contributed by atoms with Gasteiger partial charge in [0.15, 0.2) is 0 Å². The van der Waals surface area contributed by atoms with E-state index in [1.807, 2.05) is 0 Å². The van der Waals surface area contributed by atoms with E-state index in [1.165, 1.54) is 26.5 Å². The molecule has 2 aromatic heterocycles. The fraction of sp³-hybridized carbons (Fsp3) is 0.182. The third-order valence-corrected chi connectivity index (χ3v) is 2.37. The first-order valence-electron chi connectivity index (χ1n) is 5.22. The smallest absolute Gasteiger partial charge is 0.331 e. The van der Waals surface area contributed by atoms with E-state index in [2.05, 4.69) is 15.2 Å². The zero-order valence-corrected chi connectivity index (χ0v) is 10.2. The van der Waals surface area contributed by atoms with Gasteiger partial charge in [0.1, 0.15) is 0 Å². The second-order valence-corrected chi connectivity index (χ2v) is 3.47. The first kappa shape index (κ1) is 12.7. The topological polar surface area (TPSA) is 100 Å². The minimum atomic E-state index is -0.563. The summed E-state index contributed by atoms with van der Waals surface area (Å²) in [5, 5.41) is 18.6. The van der Waals surface area contributed by atoms with E-state index < -0.39 is 4.92 Å². The van der Waals surface area contributed by atoms with Crippen molar-refractivity contribution >= 4 is 5.69 Å². The third kappa shape index (κ3) is 2.57. The molecule has 0 atom stereocenters. The molecule has 0 aliphatic rings.